The van der Waals surface area contributed by atoms with Gasteiger partial charge in [0.15, 0.2) is 0 Å². The molecule has 0 aliphatic carbocycles. The number of ether oxygens (including phenoxy) is 2. The molecule has 0 bridgehead atoms. The third-order valence-electron chi connectivity index (χ3n) is 5.71. The maximum atomic E-state index is 12.8. The Morgan fingerprint density at radius 2 is 2.20 bits per heavy atom. The molecule has 0 N–H and O–H groups in total. The van der Waals surface area contributed by atoms with E-state index in [1.165, 1.54) is 6.26 Å². The number of piperidine rings is 1. The van der Waals surface area contributed by atoms with Crippen molar-refractivity contribution in [3.63, 3.8) is 0 Å². The third-order valence-corrected chi connectivity index (χ3v) is 5.71. The molecule has 7 nitrogen and oxygen atoms in total. The van der Waals surface area contributed by atoms with Crippen LogP contribution in [0.3, 0.4) is 0 Å². The Balaban J connectivity index is 1.37. The van der Waals surface area contributed by atoms with Gasteiger partial charge >= 0.3 is 0 Å². The third kappa shape index (κ3) is 3.59. The highest BCUT2D eigenvalue weighted by Crippen LogP contribution is 2.38. The Kier molecular flexibility index (Phi) is 4.80. The molecule has 2 unspecified atom stereocenters. The first-order valence-corrected chi connectivity index (χ1v) is 9.29. The van der Waals surface area contributed by atoms with Crippen molar-refractivity contribution in [2.75, 3.05) is 52.5 Å². The summed E-state index contributed by atoms with van der Waals surface area (Å²) in [5, 5.41) is 3.83. The number of carbonyl (C=O) groups excluding carboxylic acids is 1. The maximum absolute atomic E-state index is 12.8. The number of nitrogens with zero attached hydrogens (tertiary/aromatic N) is 3. The molecule has 1 amide bonds. The van der Waals surface area contributed by atoms with E-state index in [2.05, 4.69) is 10.1 Å². The van der Waals surface area contributed by atoms with Crippen LogP contribution in [-0.2, 0) is 9.47 Å². The molecule has 7 heteroatoms. The lowest BCUT2D eigenvalue weighted by Gasteiger charge is -2.40. The predicted molar refractivity (Wildman–Crippen MR) is 90.4 cm³/mol. The largest absolute Gasteiger partial charge is 0.379 e. The molecule has 0 aromatic carbocycles. The first kappa shape index (κ1) is 17.0. The zero-order valence-corrected chi connectivity index (χ0v) is 14.9. The SMILES string of the molecule is Cc1nocc1C(=O)N1CCCC2(CC(CN3CCOCC3)CO2)C1. The molecular weight excluding hydrogens is 322 g/mol. The molecule has 0 saturated carbocycles. The van der Waals surface area contributed by atoms with Gasteiger partial charge in [-0.1, -0.05) is 5.16 Å². The second-order valence-corrected chi connectivity index (χ2v) is 7.62. The average Bonchev–Trinajstić information content (AvgIpc) is 3.22. The van der Waals surface area contributed by atoms with E-state index in [4.69, 9.17) is 14.0 Å². The van der Waals surface area contributed by atoms with Crippen LogP contribution in [0.5, 0.6) is 0 Å². The minimum atomic E-state index is -0.171. The highest BCUT2D eigenvalue weighted by atomic mass is 16.5. The number of carbonyl (C=O) groups is 1. The summed E-state index contributed by atoms with van der Waals surface area (Å²) in [5.74, 6) is 0.559. The van der Waals surface area contributed by atoms with Gasteiger partial charge in [-0.25, -0.2) is 0 Å². The van der Waals surface area contributed by atoms with Crippen molar-refractivity contribution in [3.05, 3.63) is 17.5 Å². The number of likely N-dealkylation sites (tertiary alicyclic amines) is 1. The molecule has 2 atom stereocenters. The monoisotopic (exact) mass is 349 g/mol. The molecule has 3 saturated heterocycles. The fourth-order valence-electron chi connectivity index (χ4n) is 4.43. The summed E-state index contributed by atoms with van der Waals surface area (Å²) >= 11 is 0. The van der Waals surface area contributed by atoms with E-state index in [0.717, 1.165) is 65.3 Å². The summed E-state index contributed by atoms with van der Waals surface area (Å²) in [6.07, 6.45) is 4.52. The smallest absolute Gasteiger partial charge is 0.259 e. The van der Waals surface area contributed by atoms with Crippen LogP contribution in [0.4, 0.5) is 0 Å². The molecule has 4 heterocycles. The van der Waals surface area contributed by atoms with Crippen molar-refractivity contribution in [2.24, 2.45) is 5.92 Å². The van der Waals surface area contributed by atoms with E-state index in [9.17, 15) is 4.79 Å². The zero-order valence-electron chi connectivity index (χ0n) is 14.9. The number of hydrogen-bond donors (Lipinski definition) is 0. The lowest BCUT2D eigenvalue weighted by atomic mass is 9.86. The van der Waals surface area contributed by atoms with Gasteiger partial charge in [0.2, 0.25) is 0 Å². The van der Waals surface area contributed by atoms with Gasteiger partial charge in [0.1, 0.15) is 11.8 Å². The number of amides is 1. The molecule has 3 aliphatic rings. The molecule has 3 fully saturated rings. The lowest BCUT2D eigenvalue weighted by Crippen LogP contribution is -2.50. The number of aryl methyl sites for hydroxylation is 1. The van der Waals surface area contributed by atoms with E-state index in [-0.39, 0.29) is 11.5 Å². The van der Waals surface area contributed by atoms with E-state index in [1.54, 1.807) is 6.92 Å². The van der Waals surface area contributed by atoms with Crippen molar-refractivity contribution in [1.82, 2.24) is 15.0 Å². The van der Waals surface area contributed by atoms with Gasteiger partial charge in [0.05, 0.1) is 31.1 Å². The Morgan fingerprint density at radius 1 is 1.36 bits per heavy atom. The van der Waals surface area contributed by atoms with Crippen molar-refractivity contribution in [1.29, 1.82) is 0 Å². The molecule has 4 rings (SSSR count). The Bertz CT molecular complexity index is 613. The quantitative estimate of drug-likeness (QED) is 0.820. The van der Waals surface area contributed by atoms with Crippen molar-refractivity contribution in [3.8, 4) is 0 Å². The van der Waals surface area contributed by atoms with E-state index in [1.807, 2.05) is 4.90 Å². The van der Waals surface area contributed by atoms with Gasteiger partial charge < -0.3 is 18.9 Å². The van der Waals surface area contributed by atoms with Crippen LogP contribution >= 0.6 is 0 Å². The van der Waals surface area contributed by atoms with Crippen molar-refractivity contribution >= 4 is 5.91 Å². The van der Waals surface area contributed by atoms with Crippen LogP contribution in [0.2, 0.25) is 0 Å². The van der Waals surface area contributed by atoms with Gasteiger partial charge in [0, 0.05) is 32.7 Å². The van der Waals surface area contributed by atoms with E-state index < -0.39 is 0 Å². The molecule has 1 spiro atoms. The van der Waals surface area contributed by atoms with E-state index >= 15 is 0 Å². The molecule has 25 heavy (non-hydrogen) atoms. The van der Waals surface area contributed by atoms with Gasteiger partial charge in [-0.2, -0.15) is 0 Å². The topological polar surface area (TPSA) is 68.0 Å². The van der Waals surface area contributed by atoms with Crippen LogP contribution < -0.4 is 0 Å². The fourth-order valence-corrected chi connectivity index (χ4v) is 4.43. The molecule has 3 aliphatic heterocycles. The number of morpholine rings is 1. The maximum Gasteiger partial charge on any atom is 0.259 e. The number of aromatic nitrogens is 1. The van der Waals surface area contributed by atoms with Crippen LogP contribution in [0.25, 0.3) is 0 Å². The highest BCUT2D eigenvalue weighted by molar-refractivity contribution is 5.94. The van der Waals surface area contributed by atoms with Crippen molar-refractivity contribution < 1.29 is 18.8 Å². The summed E-state index contributed by atoms with van der Waals surface area (Å²) in [5.41, 5.74) is 1.05. The standard InChI is InChI=1S/C18H27N3O4/c1-14-16(12-25-19-14)17(22)21-4-2-3-18(13-21)9-15(11-24-18)10-20-5-7-23-8-6-20/h12,15H,2-11,13H2,1H3. The Hall–Kier alpha value is -1.44. The normalized spacial score (nSPS) is 30.9. The van der Waals surface area contributed by atoms with Crippen LogP contribution in [-0.4, -0.2) is 79.0 Å². The average molecular weight is 349 g/mol. The molecule has 138 valence electrons. The predicted octanol–water partition coefficient (Wildman–Crippen LogP) is 1.33. The Labute approximate surface area is 148 Å². The lowest BCUT2D eigenvalue weighted by molar-refractivity contribution is -0.0452. The van der Waals surface area contributed by atoms with Gasteiger partial charge in [0.25, 0.3) is 5.91 Å². The van der Waals surface area contributed by atoms with E-state index in [0.29, 0.717) is 23.7 Å². The van der Waals surface area contributed by atoms with Crippen LogP contribution in [0.1, 0.15) is 35.3 Å². The van der Waals surface area contributed by atoms with Crippen LogP contribution in [0, 0.1) is 12.8 Å². The fraction of sp³-hybridized carbons (Fsp3) is 0.778. The summed E-state index contributed by atoms with van der Waals surface area (Å²) in [4.78, 5) is 17.2. The summed E-state index contributed by atoms with van der Waals surface area (Å²) in [6.45, 7) is 8.83. The summed E-state index contributed by atoms with van der Waals surface area (Å²) < 4.78 is 16.6. The second-order valence-electron chi connectivity index (χ2n) is 7.62. The minimum absolute atomic E-state index is 0.0121. The summed E-state index contributed by atoms with van der Waals surface area (Å²) in [6, 6.07) is 0. The van der Waals surface area contributed by atoms with Gasteiger partial charge in [-0.15, -0.1) is 0 Å². The van der Waals surface area contributed by atoms with Crippen LogP contribution in [0.15, 0.2) is 10.8 Å². The highest BCUT2D eigenvalue weighted by Gasteiger charge is 2.45. The number of hydrogen-bond acceptors (Lipinski definition) is 6. The zero-order chi connectivity index (χ0) is 17.3. The van der Waals surface area contributed by atoms with Crippen molar-refractivity contribution in [2.45, 2.75) is 31.8 Å². The first-order chi connectivity index (χ1) is 12.2. The Morgan fingerprint density at radius 3 is 2.96 bits per heavy atom. The minimum Gasteiger partial charge on any atom is -0.379 e. The summed E-state index contributed by atoms with van der Waals surface area (Å²) in [7, 11) is 0. The second kappa shape index (κ2) is 7.05. The number of rotatable bonds is 3. The molecule has 0 radical (unpaired) electrons. The molecule has 1 aromatic heterocycles. The first-order valence-electron chi connectivity index (χ1n) is 9.29. The van der Waals surface area contributed by atoms with Gasteiger partial charge in [-0.05, 0) is 32.1 Å². The van der Waals surface area contributed by atoms with Gasteiger partial charge in [-0.3, -0.25) is 9.69 Å². The molecule has 1 aromatic rings. The molecular formula is C18H27N3O4.